The van der Waals surface area contributed by atoms with E-state index >= 15 is 0 Å². The highest BCUT2D eigenvalue weighted by atomic mass is 16.5. The summed E-state index contributed by atoms with van der Waals surface area (Å²) in [4.78, 5) is 2.60. The zero-order chi connectivity index (χ0) is 14.2. The lowest BCUT2D eigenvalue weighted by molar-refractivity contribution is -0.0659. The van der Waals surface area contributed by atoms with Crippen molar-refractivity contribution in [2.75, 3.05) is 19.7 Å². The Bertz CT molecular complexity index is 262. The number of ether oxygens (including phenoxy) is 1. The van der Waals surface area contributed by atoms with Crippen molar-refractivity contribution in [3.8, 4) is 0 Å². The van der Waals surface area contributed by atoms with Crippen LogP contribution in [0.5, 0.6) is 0 Å². The maximum atomic E-state index is 6.06. The third-order valence-electron chi connectivity index (χ3n) is 4.95. The summed E-state index contributed by atoms with van der Waals surface area (Å²) in [6.45, 7) is 5.48. The molecule has 0 aromatic rings. The minimum Gasteiger partial charge on any atom is -0.374 e. The van der Waals surface area contributed by atoms with Crippen LogP contribution in [0.3, 0.4) is 0 Å². The number of hydrogen-bond acceptors (Lipinski definition) is 4. The average Bonchev–Trinajstić information content (AvgIpc) is 2.94. The number of rotatable bonds is 9. The van der Waals surface area contributed by atoms with Crippen LogP contribution in [0.15, 0.2) is 0 Å². The summed E-state index contributed by atoms with van der Waals surface area (Å²) in [5, 5.41) is 0. The lowest BCUT2D eigenvalue weighted by Gasteiger charge is -2.38. The van der Waals surface area contributed by atoms with Gasteiger partial charge in [-0.1, -0.05) is 45.4 Å². The molecule has 0 radical (unpaired) electrons. The first-order valence-corrected chi connectivity index (χ1v) is 8.67. The number of nitrogens with zero attached hydrogens (tertiary/aromatic N) is 1. The van der Waals surface area contributed by atoms with E-state index in [1.165, 1.54) is 57.9 Å². The summed E-state index contributed by atoms with van der Waals surface area (Å²) in [5.41, 5.74) is 3.00. The van der Waals surface area contributed by atoms with Gasteiger partial charge in [-0.2, -0.15) is 0 Å². The van der Waals surface area contributed by atoms with Crippen LogP contribution in [0.25, 0.3) is 0 Å². The van der Waals surface area contributed by atoms with E-state index in [1.54, 1.807) is 0 Å². The van der Waals surface area contributed by atoms with Crippen LogP contribution >= 0.6 is 0 Å². The van der Waals surface area contributed by atoms with Crippen LogP contribution in [0.1, 0.15) is 64.7 Å². The summed E-state index contributed by atoms with van der Waals surface area (Å²) in [6, 6.07) is 1.00. The maximum Gasteiger partial charge on any atom is 0.0868 e. The van der Waals surface area contributed by atoms with Gasteiger partial charge in [0.1, 0.15) is 0 Å². The Morgan fingerprint density at radius 2 is 2.05 bits per heavy atom. The molecule has 0 aliphatic carbocycles. The summed E-state index contributed by atoms with van der Waals surface area (Å²) in [7, 11) is 0. The van der Waals surface area contributed by atoms with Gasteiger partial charge in [0.25, 0.3) is 0 Å². The van der Waals surface area contributed by atoms with E-state index in [0.29, 0.717) is 12.1 Å². The standard InChI is InChI=1S/C16H33N3O/c1-2-3-4-5-6-7-10-15(18-17)16-12-19-11-8-9-14(19)13-20-16/h14-16,18H,2-13,17H2,1H3. The normalized spacial score (nSPS) is 28.5. The SMILES string of the molecule is CCCCCCCCC(NN)C1CN2CCCC2CO1. The lowest BCUT2D eigenvalue weighted by Crippen LogP contribution is -2.55. The van der Waals surface area contributed by atoms with E-state index in [-0.39, 0.29) is 6.10 Å². The number of fused-ring (bicyclic) bond motifs is 1. The molecule has 2 aliphatic heterocycles. The quantitative estimate of drug-likeness (QED) is 0.388. The fraction of sp³-hybridized carbons (Fsp3) is 1.00. The highest BCUT2D eigenvalue weighted by Crippen LogP contribution is 2.24. The van der Waals surface area contributed by atoms with Crippen LogP contribution in [0, 0.1) is 0 Å². The lowest BCUT2D eigenvalue weighted by atomic mass is 10.0. The molecule has 20 heavy (non-hydrogen) atoms. The highest BCUT2D eigenvalue weighted by molar-refractivity contribution is 4.89. The van der Waals surface area contributed by atoms with Gasteiger partial charge in [-0.05, 0) is 25.8 Å². The van der Waals surface area contributed by atoms with Crippen molar-refractivity contribution in [1.29, 1.82) is 0 Å². The van der Waals surface area contributed by atoms with Crippen molar-refractivity contribution in [1.82, 2.24) is 10.3 Å². The molecule has 0 aromatic heterocycles. The molecule has 0 saturated carbocycles. The molecule has 0 spiro atoms. The largest absolute Gasteiger partial charge is 0.374 e. The van der Waals surface area contributed by atoms with Gasteiger partial charge in [0.15, 0.2) is 0 Å². The number of hydrogen-bond donors (Lipinski definition) is 2. The Morgan fingerprint density at radius 1 is 1.25 bits per heavy atom. The molecular formula is C16H33N3O. The molecule has 118 valence electrons. The Kier molecular flexibility index (Phi) is 7.28. The molecule has 0 bridgehead atoms. The van der Waals surface area contributed by atoms with Gasteiger partial charge in [0, 0.05) is 18.6 Å². The van der Waals surface area contributed by atoms with Crippen LogP contribution in [-0.2, 0) is 4.74 Å². The Morgan fingerprint density at radius 3 is 2.85 bits per heavy atom. The number of unbranched alkanes of at least 4 members (excludes halogenated alkanes) is 5. The van der Waals surface area contributed by atoms with Gasteiger partial charge < -0.3 is 4.74 Å². The van der Waals surface area contributed by atoms with E-state index < -0.39 is 0 Å². The van der Waals surface area contributed by atoms with Crippen LogP contribution in [0.2, 0.25) is 0 Å². The Labute approximate surface area is 124 Å². The van der Waals surface area contributed by atoms with Crippen LogP contribution < -0.4 is 11.3 Å². The molecule has 0 amide bonds. The van der Waals surface area contributed by atoms with E-state index in [9.17, 15) is 0 Å². The van der Waals surface area contributed by atoms with Gasteiger partial charge >= 0.3 is 0 Å². The summed E-state index contributed by atoms with van der Waals surface area (Å²) in [6.07, 6.45) is 12.1. The number of nitrogens with two attached hydrogens (primary N) is 1. The molecule has 3 N–H and O–H groups in total. The van der Waals surface area contributed by atoms with E-state index in [0.717, 1.165) is 19.6 Å². The molecule has 3 unspecified atom stereocenters. The van der Waals surface area contributed by atoms with Gasteiger partial charge in [-0.3, -0.25) is 16.2 Å². The fourth-order valence-electron chi connectivity index (χ4n) is 3.61. The minimum absolute atomic E-state index is 0.282. The Hall–Kier alpha value is -0.160. The van der Waals surface area contributed by atoms with Crippen molar-refractivity contribution in [2.45, 2.75) is 82.9 Å². The van der Waals surface area contributed by atoms with Gasteiger partial charge in [0.2, 0.25) is 0 Å². The van der Waals surface area contributed by atoms with Crippen molar-refractivity contribution in [3.63, 3.8) is 0 Å². The topological polar surface area (TPSA) is 50.5 Å². The molecule has 2 aliphatic rings. The molecule has 0 aromatic carbocycles. The summed E-state index contributed by atoms with van der Waals surface area (Å²) in [5.74, 6) is 5.75. The van der Waals surface area contributed by atoms with Crippen molar-refractivity contribution >= 4 is 0 Å². The van der Waals surface area contributed by atoms with E-state index in [2.05, 4.69) is 17.2 Å². The average molecular weight is 283 g/mol. The minimum atomic E-state index is 0.282. The zero-order valence-corrected chi connectivity index (χ0v) is 13.2. The Balaban J connectivity index is 1.63. The molecule has 3 atom stereocenters. The second kappa shape index (κ2) is 8.98. The molecule has 2 fully saturated rings. The predicted octanol–water partition coefficient (Wildman–Crippen LogP) is 2.43. The summed E-state index contributed by atoms with van der Waals surface area (Å²) < 4.78 is 6.06. The summed E-state index contributed by atoms with van der Waals surface area (Å²) >= 11 is 0. The first-order valence-electron chi connectivity index (χ1n) is 8.67. The van der Waals surface area contributed by atoms with Crippen LogP contribution in [-0.4, -0.2) is 42.8 Å². The predicted molar refractivity (Wildman–Crippen MR) is 83.4 cm³/mol. The van der Waals surface area contributed by atoms with Crippen molar-refractivity contribution in [3.05, 3.63) is 0 Å². The molecule has 4 heteroatoms. The first kappa shape index (κ1) is 16.2. The molecular weight excluding hydrogens is 250 g/mol. The van der Waals surface area contributed by atoms with E-state index in [4.69, 9.17) is 10.6 Å². The monoisotopic (exact) mass is 283 g/mol. The fourth-order valence-corrected chi connectivity index (χ4v) is 3.61. The third kappa shape index (κ3) is 4.69. The second-order valence-electron chi connectivity index (χ2n) is 6.49. The smallest absolute Gasteiger partial charge is 0.0868 e. The molecule has 2 heterocycles. The molecule has 4 nitrogen and oxygen atoms in total. The number of nitrogens with one attached hydrogen (secondary N) is 1. The van der Waals surface area contributed by atoms with Gasteiger partial charge in [-0.25, -0.2) is 0 Å². The number of hydrazine groups is 1. The second-order valence-corrected chi connectivity index (χ2v) is 6.49. The maximum absolute atomic E-state index is 6.06. The first-order chi connectivity index (χ1) is 9.85. The molecule has 2 rings (SSSR count). The van der Waals surface area contributed by atoms with E-state index in [1.807, 2.05) is 0 Å². The zero-order valence-electron chi connectivity index (χ0n) is 13.2. The van der Waals surface area contributed by atoms with Gasteiger partial charge in [0.05, 0.1) is 12.7 Å². The van der Waals surface area contributed by atoms with Crippen molar-refractivity contribution in [2.24, 2.45) is 5.84 Å². The van der Waals surface area contributed by atoms with Gasteiger partial charge in [-0.15, -0.1) is 0 Å². The van der Waals surface area contributed by atoms with Crippen LogP contribution in [0.4, 0.5) is 0 Å². The number of morpholine rings is 1. The highest BCUT2D eigenvalue weighted by Gasteiger charge is 2.35. The molecule has 2 saturated heterocycles. The van der Waals surface area contributed by atoms with Crippen molar-refractivity contribution < 1.29 is 4.74 Å². The third-order valence-corrected chi connectivity index (χ3v) is 4.95.